The minimum absolute atomic E-state index is 0.0896. The van der Waals surface area contributed by atoms with Gasteiger partial charge in [-0.1, -0.05) is 32.3 Å². The average molecular weight is 570 g/mol. The molecule has 0 radical (unpaired) electrons. The molecule has 0 spiro atoms. The lowest BCUT2D eigenvalue weighted by Crippen LogP contribution is -2.47. The number of carbonyl (C=O) groups is 2. The first-order valence-electron chi connectivity index (χ1n) is 14.0. The second-order valence-electron chi connectivity index (χ2n) is 9.93. The normalized spacial score (nSPS) is 13.9. The zero-order valence-corrected chi connectivity index (χ0v) is 24.6. The highest BCUT2D eigenvalue weighted by atomic mass is 16.5. The number of ketones is 1. The van der Waals surface area contributed by atoms with Crippen LogP contribution < -0.4 is 30.4 Å². The average Bonchev–Trinajstić information content (AvgIpc) is 2.97. The van der Waals surface area contributed by atoms with Gasteiger partial charge in [-0.25, -0.2) is 0 Å². The number of nitrogens with two attached hydrogens (primary N) is 2. The molecule has 3 rings (SSSR count). The van der Waals surface area contributed by atoms with Crippen LogP contribution in [0.5, 0.6) is 23.0 Å². The van der Waals surface area contributed by atoms with Gasteiger partial charge in [0, 0.05) is 43.9 Å². The molecule has 0 bridgehead atoms. The Kier molecular flexibility index (Phi) is 12.2. The van der Waals surface area contributed by atoms with Crippen LogP contribution in [0.25, 0.3) is 0 Å². The lowest BCUT2D eigenvalue weighted by atomic mass is 10.0. The monoisotopic (exact) mass is 569 g/mol. The van der Waals surface area contributed by atoms with Crippen molar-refractivity contribution in [2.24, 2.45) is 16.5 Å². The van der Waals surface area contributed by atoms with Crippen LogP contribution in [0.2, 0.25) is 0 Å². The van der Waals surface area contributed by atoms with Crippen molar-refractivity contribution >= 4 is 17.6 Å². The fraction of sp³-hybridized carbons (Fsp3) is 0.500. The van der Waals surface area contributed by atoms with Crippen LogP contribution in [0.3, 0.4) is 0 Å². The Morgan fingerprint density at radius 2 is 1.54 bits per heavy atom. The molecule has 0 aromatic heterocycles. The van der Waals surface area contributed by atoms with Crippen molar-refractivity contribution in [2.45, 2.75) is 39.2 Å². The van der Waals surface area contributed by atoms with Gasteiger partial charge in [0.15, 0.2) is 23.2 Å². The molecular weight excluding hydrogens is 526 g/mol. The van der Waals surface area contributed by atoms with Gasteiger partial charge in [0.1, 0.15) is 5.75 Å². The number of carbonyl (C=O) groups excluding carboxylic acids is 2. The third kappa shape index (κ3) is 8.83. The van der Waals surface area contributed by atoms with Gasteiger partial charge in [-0.3, -0.25) is 19.4 Å². The van der Waals surface area contributed by atoms with Crippen molar-refractivity contribution in [1.29, 1.82) is 0 Å². The standard InChI is InChI=1S/C30H43N5O6/c1-5-6-7-8-17-41-25-11-9-21(18-23(25)29(37)33-30(31)32)24(36)20-35-15-13-34(14-16-35)19-22-10-12-26(38-2)28(40-4)27(22)39-3/h9-12,18H,5-8,13-17,19-20H2,1-4H3,(H4,31,32,33,37). The van der Waals surface area contributed by atoms with E-state index in [1.54, 1.807) is 33.5 Å². The molecule has 1 heterocycles. The van der Waals surface area contributed by atoms with Gasteiger partial charge in [0.25, 0.3) is 5.91 Å². The van der Waals surface area contributed by atoms with Gasteiger partial charge in [-0.15, -0.1) is 0 Å². The zero-order chi connectivity index (χ0) is 29.8. The molecule has 0 unspecified atom stereocenters. The minimum Gasteiger partial charge on any atom is -0.493 e. The SMILES string of the molecule is CCCCCCOc1ccc(C(=O)CN2CCN(Cc3ccc(OC)c(OC)c3OC)CC2)cc1C(=O)N=C(N)N. The summed E-state index contributed by atoms with van der Waals surface area (Å²) in [5.41, 5.74) is 12.4. The van der Waals surface area contributed by atoms with Crippen molar-refractivity contribution in [3.63, 3.8) is 0 Å². The first-order valence-corrected chi connectivity index (χ1v) is 14.0. The Bertz CT molecular complexity index is 1210. The highest BCUT2D eigenvalue weighted by Gasteiger charge is 2.24. The number of benzene rings is 2. The van der Waals surface area contributed by atoms with E-state index in [2.05, 4.69) is 21.7 Å². The van der Waals surface area contributed by atoms with Crippen LogP contribution in [0.15, 0.2) is 35.3 Å². The van der Waals surface area contributed by atoms with E-state index in [9.17, 15) is 9.59 Å². The maximum atomic E-state index is 13.2. The lowest BCUT2D eigenvalue weighted by Gasteiger charge is -2.34. The number of hydrogen-bond acceptors (Lipinski definition) is 8. The smallest absolute Gasteiger partial charge is 0.283 e. The van der Waals surface area contributed by atoms with E-state index in [0.717, 1.165) is 57.4 Å². The summed E-state index contributed by atoms with van der Waals surface area (Å²) in [6.07, 6.45) is 4.15. The molecule has 1 amide bonds. The molecule has 11 nitrogen and oxygen atoms in total. The number of aliphatic imine (C=N–C) groups is 1. The Labute approximate surface area is 242 Å². The summed E-state index contributed by atoms with van der Waals surface area (Å²) in [6.45, 7) is 6.53. The molecule has 1 aliphatic rings. The number of guanidine groups is 1. The molecule has 11 heteroatoms. The van der Waals surface area contributed by atoms with E-state index in [0.29, 0.717) is 41.7 Å². The topological polar surface area (TPSA) is 142 Å². The van der Waals surface area contributed by atoms with Crippen LogP contribution in [0.4, 0.5) is 0 Å². The molecule has 1 aliphatic heterocycles. The number of piperazine rings is 1. The summed E-state index contributed by atoms with van der Waals surface area (Å²) in [5.74, 6) is 1.14. The number of nitrogens with zero attached hydrogens (tertiary/aromatic N) is 3. The maximum Gasteiger partial charge on any atom is 0.283 e. The van der Waals surface area contributed by atoms with E-state index in [1.165, 1.54) is 6.07 Å². The number of amides is 1. The van der Waals surface area contributed by atoms with E-state index >= 15 is 0 Å². The molecule has 0 aliphatic carbocycles. The van der Waals surface area contributed by atoms with Gasteiger partial charge in [-0.05, 0) is 30.7 Å². The quantitative estimate of drug-likeness (QED) is 0.142. The Hall–Kier alpha value is -3.83. The first kappa shape index (κ1) is 31.7. The summed E-state index contributed by atoms with van der Waals surface area (Å²) >= 11 is 0. The Balaban J connectivity index is 1.62. The molecule has 0 atom stereocenters. The van der Waals surface area contributed by atoms with Crippen molar-refractivity contribution in [2.75, 3.05) is 60.7 Å². The number of unbranched alkanes of at least 4 members (excludes halogenated alkanes) is 3. The molecule has 2 aromatic carbocycles. The lowest BCUT2D eigenvalue weighted by molar-refractivity contribution is 0.0842. The van der Waals surface area contributed by atoms with Gasteiger partial charge in [-0.2, -0.15) is 4.99 Å². The molecule has 1 saturated heterocycles. The van der Waals surface area contributed by atoms with Gasteiger partial charge < -0.3 is 30.4 Å². The molecule has 0 saturated carbocycles. The van der Waals surface area contributed by atoms with Crippen LogP contribution in [0.1, 0.15) is 58.9 Å². The van der Waals surface area contributed by atoms with Crippen molar-refractivity contribution in [3.8, 4) is 23.0 Å². The van der Waals surface area contributed by atoms with Crippen LogP contribution in [-0.2, 0) is 6.54 Å². The van der Waals surface area contributed by atoms with Crippen molar-refractivity contribution < 1.29 is 28.5 Å². The zero-order valence-electron chi connectivity index (χ0n) is 24.6. The highest BCUT2D eigenvalue weighted by Crippen LogP contribution is 2.40. The number of ether oxygens (including phenoxy) is 4. The molecule has 2 aromatic rings. The molecule has 41 heavy (non-hydrogen) atoms. The number of hydrogen-bond donors (Lipinski definition) is 2. The largest absolute Gasteiger partial charge is 0.493 e. The molecular formula is C30H43N5O6. The molecule has 224 valence electrons. The number of methoxy groups -OCH3 is 3. The Morgan fingerprint density at radius 1 is 0.854 bits per heavy atom. The van der Waals surface area contributed by atoms with E-state index in [4.69, 9.17) is 30.4 Å². The van der Waals surface area contributed by atoms with Gasteiger partial charge in [0.05, 0.1) is 40.0 Å². The predicted molar refractivity (Wildman–Crippen MR) is 158 cm³/mol. The summed E-state index contributed by atoms with van der Waals surface area (Å²) in [6, 6.07) is 8.72. The van der Waals surface area contributed by atoms with Crippen molar-refractivity contribution in [3.05, 3.63) is 47.0 Å². The fourth-order valence-corrected chi connectivity index (χ4v) is 4.81. The second-order valence-corrected chi connectivity index (χ2v) is 9.93. The third-order valence-electron chi connectivity index (χ3n) is 7.03. The predicted octanol–water partition coefficient (Wildman–Crippen LogP) is 3.09. The summed E-state index contributed by atoms with van der Waals surface area (Å²) in [7, 11) is 4.81. The van der Waals surface area contributed by atoms with E-state index in [1.807, 2.05) is 12.1 Å². The molecule has 4 N–H and O–H groups in total. The number of Topliss-reactive ketones (excluding diaryl/α,β-unsaturated/α-hetero) is 1. The van der Waals surface area contributed by atoms with Gasteiger partial charge in [0.2, 0.25) is 5.75 Å². The summed E-state index contributed by atoms with van der Waals surface area (Å²) in [4.78, 5) is 34.0. The van der Waals surface area contributed by atoms with Crippen molar-refractivity contribution in [1.82, 2.24) is 9.80 Å². The fourth-order valence-electron chi connectivity index (χ4n) is 4.81. The maximum absolute atomic E-state index is 13.2. The Morgan fingerprint density at radius 3 is 2.17 bits per heavy atom. The van der Waals surface area contributed by atoms with Gasteiger partial charge >= 0.3 is 0 Å². The first-order chi connectivity index (χ1) is 19.8. The second kappa shape index (κ2) is 15.8. The summed E-state index contributed by atoms with van der Waals surface area (Å²) < 4.78 is 22.4. The molecule has 1 fully saturated rings. The third-order valence-corrected chi connectivity index (χ3v) is 7.03. The summed E-state index contributed by atoms with van der Waals surface area (Å²) in [5, 5.41) is 0. The minimum atomic E-state index is -0.637. The van der Waals surface area contributed by atoms with Crippen LogP contribution in [-0.4, -0.2) is 88.1 Å². The van der Waals surface area contributed by atoms with E-state index in [-0.39, 0.29) is 23.9 Å². The van der Waals surface area contributed by atoms with Crippen LogP contribution in [0, 0.1) is 0 Å². The van der Waals surface area contributed by atoms with E-state index < -0.39 is 5.91 Å². The number of rotatable bonds is 15. The van der Waals surface area contributed by atoms with Crippen LogP contribution >= 0.6 is 0 Å². The highest BCUT2D eigenvalue weighted by molar-refractivity contribution is 6.06.